The second kappa shape index (κ2) is 5.17. The largest absolute Gasteiger partial charge is 0.497 e. The number of nitrogens with zero attached hydrogens (tertiary/aromatic N) is 1. The van der Waals surface area contributed by atoms with E-state index >= 15 is 0 Å². The molecule has 1 unspecified atom stereocenters. The van der Waals surface area contributed by atoms with Crippen LogP contribution in [0.25, 0.3) is 0 Å². The van der Waals surface area contributed by atoms with Crippen molar-refractivity contribution >= 4 is 5.97 Å². The number of carboxylic acid groups (broad SMARTS) is 1. The molecular weight excluding hydrogens is 218 g/mol. The molecule has 0 spiro atoms. The third kappa shape index (κ3) is 3.19. The maximum absolute atomic E-state index is 11.2. The molecular formula is C13H19NO3. The van der Waals surface area contributed by atoms with Crippen molar-refractivity contribution in [2.24, 2.45) is 5.41 Å². The molecule has 1 atom stereocenters. The Morgan fingerprint density at radius 3 is 2.65 bits per heavy atom. The van der Waals surface area contributed by atoms with Gasteiger partial charge in [0.25, 0.3) is 0 Å². The fourth-order valence-electron chi connectivity index (χ4n) is 1.66. The molecule has 1 heterocycles. The van der Waals surface area contributed by atoms with Gasteiger partial charge in [-0.25, -0.2) is 0 Å². The van der Waals surface area contributed by atoms with E-state index in [1.165, 1.54) is 0 Å². The van der Waals surface area contributed by atoms with Gasteiger partial charge in [-0.05, 0) is 20.3 Å². The number of ether oxygens (including phenoxy) is 1. The summed E-state index contributed by atoms with van der Waals surface area (Å²) < 4.78 is 5.16. The molecule has 0 fully saturated rings. The van der Waals surface area contributed by atoms with Crippen molar-refractivity contribution in [2.75, 3.05) is 7.11 Å². The normalized spacial score (nSPS) is 14.1. The molecule has 4 heteroatoms. The van der Waals surface area contributed by atoms with Crippen LogP contribution >= 0.6 is 0 Å². The first-order valence-corrected chi connectivity index (χ1v) is 5.66. The van der Waals surface area contributed by atoms with Crippen molar-refractivity contribution in [3.05, 3.63) is 23.5 Å². The summed E-state index contributed by atoms with van der Waals surface area (Å²) in [5.41, 5.74) is 0.822. The van der Waals surface area contributed by atoms with Gasteiger partial charge in [0.2, 0.25) is 0 Å². The van der Waals surface area contributed by atoms with Crippen LogP contribution in [-0.4, -0.2) is 23.2 Å². The van der Waals surface area contributed by atoms with Crippen LogP contribution in [0.5, 0.6) is 5.75 Å². The summed E-state index contributed by atoms with van der Waals surface area (Å²) in [4.78, 5) is 15.6. The van der Waals surface area contributed by atoms with Crippen molar-refractivity contribution in [1.82, 2.24) is 4.98 Å². The van der Waals surface area contributed by atoms with E-state index in [4.69, 9.17) is 4.74 Å². The maximum atomic E-state index is 11.2. The zero-order chi connectivity index (χ0) is 13.1. The third-order valence-corrected chi connectivity index (χ3v) is 3.08. The number of aryl methyl sites for hydroxylation is 1. The summed E-state index contributed by atoms with van der Waals surface area (Å²) in [6.45, 7) is 5.49. The smallest absolute Gasteiger partial charge is 0.309 e. The fourth-order valence-corrected chi connectivity index (χ4v) is 1.66. The molecule has 0 saturated heterocycles. The standard InChI is InChI=1S/C13H19NO3/c1-5-13(3,12(15)16)8-10-7-11(17-4)6-9(2)14-10/h6-7H,5,8H2,1-4H3,(H,15,16). The molecule has 0 radical (unpaired) electrons. The van der Waals surface area contributed by atoms with Crippen LogP contribution in [0.3, 0.4) is 0 Å². The summed E-state index contributed by atoms with van der Waals surface area (Å²) >= 11 is 0. The number of hydrogen-bond donors (Lipinski definition) is 1. The maximum Gasteiger partial charge on any atom is 0.309 e. The Bertz CT molecular complexity index is 417. The quantitative estimate of drug-likeness (QED) is 0.854. The van der Waals surface area contributed by atoms with Gasteiger partial charge in [0, 0.05) is 29.9 Å². The van der Waals surface area contributed by atoms with Crippen LogP contribution in [0.15, 0.2) is 12.1 Å². The Morgan fingerprint density at radius 2 is 2.18 bits per heavy atom. The van der Waals surface area contributed by atoms with Gasteiger partial charge in [0.05, 0.1) is 12.5 Å². The molecule has 4 nitrogen and oxygen atoms in total. The van der Waals surface area contributed by atoms with E-state index in [-0.39, 0.29) is 0 Å². The highest BCUT2D eigenvalue weighted by molar-refractivity contribution is 5.74. The highest BCUT2D eigenvalue weighted by atomic mass is 16.5. The van der Waals surface area contributed by atoms with E-state index in [0.717, 1.165) is 17.1 Å². The zero-order valence-electron chi connectivity index (χ0n) is 10.8. The summed E-state index contributed by atoms with van der Waals surface area (Å²) in [5, 5.41) is 9.23. The van der Waals surface area contributed by atoms with Gasteiger partial charge in [0.15, 0.2) is 0 Å². The van der Waals surface area contributed by atoms with Crippen LogP contribution in [0.1, 0.15) is 31.7 Å². The van der Waals surface area contributed by atoms with Gasteiger partial charge < -0.3 is 9.84 Å². The van der Waals surface area contributed by atoms with Gasteiger partial charge in [-0.1, -0.05) is 6.92 Å². The van der Waals surface area contributed by atoms with Crippen molar-refractivity contribution in [1.29, 1.82) is 0 Å². The minimum Gasteiger partial charge on any atom is -0.497 e. The van der Waals surface area contributed by atoms with E-state index < -0.39 is 11.4 Å². The Hall–Kier alpha value is -1.58. The summed E-state index contributed by atoms with van der Waals surface area (Å²) in [5.74, 6) is -0.0707. The number of methoxy groups -OCH3 is 1. The van der Waals surface area contributed by atoms with Crippen LogP contribution in [0.4, 0.5) is 0 Å². The monoisotopic (exact) mass is 237 g/mol. The molecule has 1 rings (SSSR count). The Balaban J connectivity index is 3.01. The van der Waals surface area contributed by atoms with E-state index in [0.29, 0.717) is 12.8 Å². The summed E-state index contributed by atoms with van der Waals surface area (Å²) in [6.07, 6.45) is 0.983. The average Bonchev–Trinajstić information content (AvgIpc) is 2.27. The van der Waals surface area contributed by atoms with Crippen LogP contribution in [-0.2, 0) is 11.2 Å². The van der Waals surface area contributed by atoms with E-state index in [9.17, 15) is 9.90 Å². The van der Waals surface area contributed by atoms with Gasteiger partial charge in [-0.3, -0.25) is 9.78 Å². The third-order valence-electron chi connectivity index (χ3n) is 3.08. The predicted molar refractivity (Wildman–Crippen MR) is 65.3 cm³/mol. The Kier molecular flexibility index (Phi) is 4.10. The van der Waals surface area contributed by atoms with Gasteiger partial charge in [-0.2, -0.15) is 0 Å². The lowest BCUT2D eigenvalue weighted by Crippen LogP contribution is -2.29. The molecule has 0 amide bonds. The number of pyridine rings is 1. The SMILES string of the molecule is CCC(C)(Cc1cc(OC)cc(C)n1)C(=O)O. The topological polar surface area (TPSA) is 59.4 Å². The number of rotatable bonds is 5. The van der Waals surface area contributed by atoms with E-state index in [2.05, 4.69) is 4.98 Å². The summed E-state index contributed by atoms with van der Waals surface area (Å²) in [7, 11) is 1.59. The van der Waals surface area contributed by atoms with Crippen LogP contribution in [0.2, 0.25) is 0 Å². The molecule has 94 valence electrons. The molecule has 0 bridgehead atoms. The predicted octanol–water partition coefficient (Wildman–Crippen LogP) is 2.44. The van der Waals surface area contributed by atoms with Gasteiger partial charge in [-0.15, -0.1) is 0 Å². The number of carboxylic acids is 1. The fraction of sp³-hybridized carbons (Fsp3) is 0.538. The van der Waals surface area contributed by atoms with Crippen molar-refractivity contribution in [3.63, 3.8) is 0 Å². The molecule has 0 aliphatic heterocycles. The van der Waals surface area contributed by atoms with Crippen molar-refractivity contribution < 1.29 is 14.6 Å². The van der Waals surface area contributed by atoms with E-state index in [1.807, 2.05) is 19.9 Å². The number of aliphatic carboxylic acids is 1. The average molecular weight is 237 g/mol. The zero-order valence-corrected chi connectivity index (χ0v) is 10.8. The van der Waals surface area contributed by atoms with Gasteiger partial charge >= 0.3 is 5.97 Å². The highest BCUT2D eigenvalue weighted by Crippen LogP contribution is 2.27. The second-order valence-electron chi connectivity index (χ2n) is 4.54. The lowest BCUT2D eigenvalue weighted by molar-refractivity contribution is -0.148. The minimum absolute atomic E-state index is 0.414. The van der Waals surface area contributed by atoms with Crippen molar-refractivity contribution in [3.8, 4) is 5.75 Å². The molecule has 17 heavy (non-hydrogen) atoms. The Labute approximate surface area is 102 Å². The number of hydrogen-bond acceptors (Lipinski definition) is 3. The molecule has 0 aromatic carbocycles. The Morgan fingerprint density at radius 1 is 1.53 bits per heavy atom. The lowest BCUT2D eigenvalue weighted by atomic mass is 9.83. The minimum atomic E-state index is -0.790. The van der Waals surface area contributed by atoms with E-state index in [1.54, 1.807) is 20.1 Å². The molecule has 0 aliphatic rings. The highest BCUT2D eigenvalue weighted by Gasteiger charge is 2.31. The first-order valence-electron chi connectivity index (χ1n) is 5.66. The van der Waals surface area contributed by atoms with Crippen LogP contribution in [0, 0.1) is 12.3 Å². The second-order valence-corrected chi connectivity index (χ2v) is 4.54. The number of carbonyl (C=O) groups is 1. The van der Waals surface area contributed by atoms with Gasteiger partial charge in [0.1, 0.15) is 5.75 Å². The van der Waals surface area contributed by atoms with Crippen LogP contribution < -0.4 is 4.74 Å². The lowest BCUT2D eigenvalue weighted by Gasteiger charge is -2.22. The molecule has 0 aliphatic carbocycles. The summed E-state index contributed by atoms with van der Waals surface area (Å²) in [6, 6.07) is 3.62. The molecule has 1 N–H and O–H groups in total. The first kappa shape index (κ1) is 13.5. The molecule has 1 aromatic heterocycles. The molecule has 0 saturated carbocycles. The molecule has 1 aromatic rings. The number of aromatic nitrogens is 1. The first-order chi connectivity index (χ1) is 7.91. The van der Waals surface area contributed by atoms with Crippen molar-refractivity contribution in [2.45, 2.75) is 33.6 Å².